The van der Waals surface area contributed by atoms with Gasteiger partial charge in [-0.15, -0.1) is 11.8 Å². The minimum atomic E-state index is -0.878. The molecule has 0 fully saturated rings. The van der Waals surface area contributed by atoms with Crippen LogP contribution in [0.4, 0.5) is 5.69 Å². The third kappa shape index (κ3) is 8.31. The van der Waals surface area contributed by atoms with Crippen LogP contribution >= 0.6 is 11.8 Å². The molecule has 0 aromatic heterocycles. The lowest BCUT2D eigenvalue weighted by molar-refractivity contribution is -0.137. The van der Waals surface area contributed by atoms with E-state index >= 15 is 0 Å². The summed E-state index contributed by atoms with van der Waals surface area (Å²) in [7, 11) is 0. The third-order valence-corrected chi connectivity index (χ3v) is 3.62. The lowest BCUT2D eigenvalue weighted by Gasteiger charge is -2.06. The summed E-state index contributed by atoms with van der Waals surface area (Å²) in [6, 6.07) is 7.47. The Balaban J connectivity index is 2.12. The Hall–Kier alpha value is -2.02. The van der Waals surface area contributed by atoms with Gasteiger partial charge in [-0.3, -0.25) is 14.4 Å². The van der Waals surface area contributed by atoms with Crippen LogP contribution in [0.2, 0.25) is 0 Å². The first-order valence-corrected chi connectivity index (χ1v) is 8.05. The van der Waals surface area contributed by atoms with Crippen molar-refractivity contribution < 1.29 is 19.5 Å². The third-order valence-electron chi connectivity index (χ3n) is 2.69. The molecule has 0 heterocycles. The Kier molecular flexibility index (Phi) is 8.06. The van der Waals surface area contributed by atoms with E-state index in [4.69, 9.17) is 5.11 Å². The number of amides is 2. The van der Waals surface area contributed by atoms with Crippen LogP contribution in [-0.4, -0.2) is 40.9 Å². The number of hydrogen-bond donors (Lipinski definition) is 3. The number of anilines is 1. The fourth-order valence-corrected chi connectivity index (χ4v) is 2.24. The Morgan fingerprint density at radius 2 is 1.73 bits per heavy atom. The number of carboxylic acids is 1. The predicted molar refractivity (Wildman–Crippen MR) is 87.0 cm³/mol. The normalized spacial score (nSPS) is 10.0. The molecular formula is C15H20N2O4S. The molecule has 0 unspecified atom stereocenters. The van der Waals surface area contributed by atoms with E-state index < -0.39 is 5.97 Å². The van der Waals surface area contributed by atoms with E-state index in [2.05, 4.69) is 10.6 Å². The molecule has 3 N–H and O–H groups in total. The molecule has 0 saturated carbocycles. The summed E-state index contributed by atoms with van der Waals surface area (Å²) in [4.78, 5) is 33.4. The Bertz CT molecular complexity index is 517. The quantitative estimate of drug-likeness (QED) is 0.600. The van der Waals surface area contributed by atoms with Crippen molar-refractivity contribution in [1.29, 1.82) is 0 Å². The molecule has 7 heteroatoms. The van der Waals surface area contributed by atoms with Gasteiger partial charge in [-0.2, -0.15) is 0 Å². The highest BCUT2D eigenvalue weighted by Crippen LogP contribution is 2.09. The summed E-state index contributed by atoms with van der Waals surface area (Å²) >= 11 is 1.22. The van der Waals surface area contributed by atoms with Crippen molar-refractivity contribution in [1.82, 2.24) is 5.32 Å². The zero-order valence-corrected chi connectivity index (χ0v) is 13.2. The molecule has 1 aromatic carbocycles. The lowest BCUT2D eigenvalue weighted by atomic mass is 10.2. The van der Waals surface area contributed by atoms with Crippen molar-refractivity contribution in [3.8, 4) is 0 Å². The second kappa shape index (κ2) is 9.83. The van der Waals surface area contributed by atoms with Crippen molar-refractivity contribution in [2.75, 3.05) is 23.4 Å². The van der Waals surface area contributed by atoms with Gasteiger partial charge >= 0.3 is 5.97 Å². The summed E-state index contributed by atoms with van der Waals surface area (Å²) < 4.78 is 0. The Morgan fingerprint density at radius 3 is 2.36 bits per heavy atom. The zero-order chi connectivity index (χ0) is 16.4. The van der Waals surface area contributed by atoms with Gasteiger partial charge < -0.3 is 15.7 Å². The lowest BCUT2D eigenvalue weighted by Crippen LogP contribution is -2.27. The van der Waals surface area contributed by atoms with Gasteiger partial charge in [-0.25, -0.2) is 0 Å². The fraction of sp³-hybridized carbons (Fsp3) is 0.400. The number of carbonyl (C=O) groups excluding carboxylic acids is 2. The molecule has 0 saturated heterocycles. The van der Waals surface area contributed by atoms with Gasteiger partial charge in [-0.1, -0.05) is 17.7 Å². The molecule has 0 radical (unpaired) electrons. The second-order valence-electron chi connectivity index (χ2n) is 4.75. The standard InChI is InChI=1S/C15H20N2O4S/c1-11-4-6-12(7-5-11)17-14(19)10-22-9-13(18)16-8-2-3-15(20)21/h4-7H,2-3,8-10H2,1H3,(H,16,18)(H,17,19)(H,20,21). The van der Waals surface area contributed by atoms with Gasteiger partial charge in [0.2, 0.25) is 11.8 Å². The maximum absolute atomic E-state index is 11.7. The zero-order valence-electron chi connectivity index (χ0n) is 12.4. The Labute approximate surface area is 133 Å². The monoisotopic (exact) mass is 324 g/mol. The summed E-state index contributed by atoms with van der Waals surface area (Å²) in [5.41, 5.74) is 1.85. The highest BCUT2D eigenvalue weighted by molar-refractivity contribution is 8.00. The number of rotatable bonds is 9. The highest BCUT2D eigenvalue weighted by Gasteiger charge is 2.06. The molecule has 1 aromatic rings. The number of hydrogen-bond acceptors (Lipinski definition) is 4. The van der Waals surface area contributed by atoms with E-state index in [-0.39, 0.29) is 29.7 Å². The number of aryl methyl sites for hydroxylation is 1. The topological polar surface area (TPSA) is 95.5 Å². The largest absolute Gasteiger partial charge is 0.481 e. The summed E-state index contributed by atoms with van der Waals surface area (Å²) in [6.07, 6.45) is 0.437. The molecule has 2 amide bonds. The van der Waals surface area contributed by atoms with Crippen molar-refractivity contribution in [2.45, 2.75) is 19.8 Å². The first-order valence-electron chi connectivity index (χ1n) is 6.90. The predicted octanol–water partition coefficient (Wildman–Crippen LogP) is 1.65. The van der Waals surface area contributed by atoms with Crippen LogP contribution in [0.5, 0.6) is 0 Å². The van der Waals surface area contributed by atoms with Crippen molar-refractivity contribution >= 4 is 35.2 Å². The minimum absolute atomic E-state index is 0.0341. The van der Waals surface area contributed by atoms with E-state index in [0.29, 0.717) is 13.0 Å². The number of thioether (sulfide) groups is 1. The highest BCUT2D eigenvalue weighted by atomic mass is 32.2. The van der Waals surface area contributed by atoms with Gasteiger partial charge in [0.1, 0.15) is 0 Å². The number of aliphatic carboxylic acids is 1. The van der Waals surface area contributed by atoms with E-state index in [1.165, 1.54) is 11.8 Å². The fourth-order valence-electron chi connectivity index (χ4n) is 1.59. The first-order chi connectivity index (χ1) is 10.5. The van der Waals surface area contributed by atoms with Crippen LogP contribution in [0.25, 0.3) is 0 Å². The molecular weight excluding hydrogens is 304 g/mol. The first kappa shape index (κ1) is 18.0. The van der Waals surface area contributed by atoms with Crippen LogP contribution in [0.3, 0.4) is 0 Å². The Morgan fingerprint density at radius 1 is 1.09 bits per heavy atom. The average Bonchev–Trinajstić information content (AvgIpc) is 2.46. The average molecular weight is 324 g/mol. The van der Waals surface area contributed by atoms with Crippen LogP contribution in [0.1, 0.15) is 18.4 Å². The molecule has 0 aliphatic carbocycles. The number of benzene rings is 1. The van der Waals surface area contributed by atoms with E-state index in [0.717, 1.165) is 11.3 Å². The van der Waals surface area contributed by atoms with Crippen LogP contribution in [0, 0.1) is 6.92 Å². The van der Waals surface area contributed by atoms with E-state index in [1.807, 2.05) is 31.2 Å². The smallest absolute Gasteiger partial charge is 0.303 e. The molecule has 1 rings (SSSR count). The molecule has 6 nitrogen and oxygen atoms in total. The maximum Gasteiger partial charge on any atom is 0.303 e. The van der Waals surface area contributed by atoms with Gasteiger partial charge in [0.25, 0.3) is 0 Å². The van der Waals surface area contributed by atoms with E-state index in [1.54, 1.807) is 0 Å². The molecule has 0 aliphatic rings. The molecule has 120 valence electrons. The van der Waals surface area contributed by atoms with Gasteiger partial charge in [0, 0.05) is 18.7 Å². The number of nitrogens with one attached hydrogen (secondary N) is 2. The van der Waals surface area contributed by atoms with Crippen molar-refractivity contribution in [3.05, 3.63) is 29.8 Å². The van der Waals surface area contributed by atoms with Gasteiger partial charge in [0.15, 0.2) is 0 Å². The minimum Gasteiger partial charge on any atom is -0.481 e. The molecule has 0 bridgehead atoms. The van der Waals surface area contributed by atoms with Gasteiger partial charge in [-0.05, 0) is 25.5 Å². The summed E-state index contributed by atoms with van der Waals surface area (Å²) in [5.74, 6) is -0.868. The van der Waals surface area contributed by atoms with Crippen molar-refractivity contribution in [3.63, 3.8) is 0 Å². The SMILES string of the molecule is Cc1ccc(NC(=O)CSCC(=O)NCCCC(=O)O)cc1. The number of carbonyl (C=O) groups is 3. The van der Waals surface area contributed by atoms with Crippen LogP contribution < -0.4 is 10.6 Å². The van der Waals surface area contributed by atoms with Crippen molar-refractivity contribution in [2.24, 2.45) is 0 Å². The molecule has 0 atom stereocenters. The van der Waals surface area contributed by atoms with Crippen LogP contribution in [0.15, 0.2) is 24.3 Å². The molecule has 0 aliphatic heterocycles. The maximum atomic E-state index is 11.7. The van der Waals surface area contributed by atoms with E-state index in [9.17, 15) is 14.4 Å². The number of carboxylic acid groups (broad SMARTS) is 1. The van der Waals surface area contributed by atoms with Crippen LogP contribution in [-0.2, 0) is 14.4 Å². The summed E-state index contributed by atoms with van der Waals surface area (Å²) in [6.45, 7) is 2.30. The second-order valence-corrected chi connectivity index (χ2v) is 5.74. The van der Waals surface area contributed by atoms with Gasteiger partial charge in [0.05, 0.1) is 11.5 Å². The molecule has 22 heavy (non-hydrogen) atoms. The summed E-state index contributed by atoms with van der Waals surface area (Å²) in [5, 5.41) is 13.8. The molecule has 0 spiro atoms.